The normalized spacial score (nSPS) is 20.9. The molecule has 0 saturated carbocycles. The Morgan fingerprint density at radius 2 is 1.61 bits per heavy atom. The van der Waals surface area contributed by atoms with Gasteiger partial charge in [-0.2, -0.15) is 0 Å². The summed E-state index contributed by atoms with van der Waals surface area (Å²) in [6.07, 6.45) is 0.0571. The minimum absolute atomic E-state index is 0.0333. The number of benzene rings is 2. The number of rotatable bonds is 6. The molecule has 23 heavy (non-hydrogen) atoms. The zero-order valence-electron chi connectivity index (χ0n) is 13.0. The minimum atomic E-state index is -0.286. The largest absolute Gasteiger partial charge is 0.394 e. The van der Waals surface area contributed by atoms with Crippen molar-refractivity contribution in [2.24, 2.45) is 0 Å². The number of ether oxygens (including phenoxy) is 1. The van der Waals surface area contributed by atoms with Crippen LogP contribution in [-0.2, 0) is 22.7 Å². The molecule has 4 nitrogen and oxygen atoms in total. The Labute approximate surface area is 136 Å². The molecule has 0 bridgehead atoms. The predicted octanol–water partition coefficient (Wildman–Crippen LogP) is 2.37. The number of carbonyl (C=O) groups is 1. The zero-order chi connectivity index (χ0) is 16.1. The third kappa shape index (κ3) is 3.78. The first kappa shape index (κ1) is 15.7. The molecule has 1 heterocycles. The van der Waals surface area contributed by atoms with Gasteiger partial charge in [-0.15, -0.1) is 0 Å². The van der Waals surface area contributed by atoms with Crippen molar-refractivity contribution in [1.82, 2.24) is 4.90 Å². The second-order valence-corrected chi connectivity index (χ2v) is 5.80. The summed E-state index contributed by atoms with van der Waals surface area (Å²) in [6, 6.07) is 19.4. The molecule has 0 aromatic heterocycles. The number of nitrogens with zero attached hydrogens (tertiary/aromatic N) is 1. The van der Waals surface area contributed by atoms with Crippen LogP contribution in [0.5, 0.6) is 0 Å². The molecule has 4 heteroatoms. The molecule has 120 valence electrons. The maximum Gasteiger partial charge on any atom is 0.225 e. The molecular weight excluding hydrogens is 290 g/mol. The Morgan fingerprint density at radius 1 is 1.00 bits per heavy atom. The van der Waals surface area contributed by atoms with E-state index in [0.717, 1.165) is 11.1 Å². The van der Waals surface area contributed by atoms with Gasteiger partial charge in [0.1, 0.15) is 0 Å². The van der Waals surface area contributed by atoms with Crippen molar-refractivity contribution >= 4 is 5.91 Å². The first-order valence-electron chi connectivity index (χ1n) is 7.87. The van der Waals surface area contributed by atoms with Gasteiger partial charge in [-0.05, 0) is 11.1 Å². The van der Waals surface area contributed by atoms with E-state index in [1.165, 1.54) is 0 Å². The second-order valence-electron chi connectivity index (χ2n) is 5.80. The van der Waals surface area contributed by atoms with Gasteiger partial charge in [0.25, 0.3) is 0 Å². The molecule has 0 spiro atoms. The van der Waals surface area contributed by atoms with Crippen LogP contribution >= 0.6 is 0 Å². The highest BCUT2D eigenvalue weighted by Crippen LogP contribution is 2.25. The average molecular weight is 311 g/mol. The van der Waals surface area contributed by atoms with Crippen molar-refractivity contribution < 1.29 is 14.6 Å². The number of aliphatic hydroxyl groups excluding tert-OH is 1. The lowest BCUT2D eigenvalue weighted by Crippen LogP contribution is -2.40. The summed E-state index contributed by atoms with van der Waals surface area (Å²) in [5.41, 5.74) is 2.13. The number of hydrogen-bond acceptors (Lipinski definition) is 3. The topological polar surface area (TPSA) is 49.8 Å². The molecule has 2 aromatic rings. The first-order chi connectivity index (χ1) is 11.3. The van der Waals surface area contributed by atoms with Gasteiger partial charge in [-0.3, -0.25) is 4.79 Å². The van der Waals surface area contributed by atoms with Gasteiger partial charge in [0.2, 0.25) is 5.91 Å². The van der Waals surface area contributed by atoms with E-state index < -0.39 is 0 Å². The lowest BCUT2D eigenvalue weighted by molar-refractivity contribution is -0.130. The number of carbonyl (C=O) groups excluding carboxylic acids is 1. The van der Waals surface area contributed by atoms with Gasteiger partial charge in [-0.25, -0.2) is 0 Å². The van der Waals surface area contributed by atoms with E-state index in [-0.39, 0.29) is 24.7 Å². The van der Waals surface area contributed by atoms with Crippen LogP contribution in [-0.4, -0.2) is 34.7 Å². The van der Waals surface area contributed by atoms with Crippen LogP contribution < -0.4 is 0 Å². The van der Waals surface area contributed by atoms with E-state index >= 15 is 0 Å². The summed E-state index contributed by atoms with van der Waals surface area (Å²) in [7, 11) is 0. The van der Waals surface area contributed by atoms with Crippen LogP contribution in [0.4, 0.5) is 0 Å². The molecule has 1 amide bonds. The van der Waals surface area contributed by atoms with Crippen LogP contribution in [0.25, 0.3) is 0 Å². The molecule has 1 N–H and O–H groups in total. The average Bonchev–Trinajstić information content (AvgIpc) is 2.90. The standard InChI is InChI=1S/C19H21NO3/c21-13-17-18(23-14-16-9-5-2-6-10-16)11-19(22)20(17)12-15-7-3-1-4-8-15/h1-10,17-18,21H,11-14H2/t17-,18-/m0/s1. The monoisotopic (exact) mass is 311 g/mol. The highest BCUT2D eigenvalue weighted by atomic mass is 16.5. The van der Waals surface area contributed by atoms with Crippen molar-refractivity contribution in [1.29, 1.82) is 0 Å². The smallest absolute Gasteiger partial charge is 0.225 e. The van der Waals surface area contributed by atoms with Gasteiger partial charge in [0, 0.05) is 6.54 Å². The molecule has 0 aliphatic carbocycles. The second kappa shape index (κ2) is 7.40. The van der Waals surface area contributed by atoms with Crippen molar-refractivity contribution in [2.45, 2.75) is 31.7 Å². The molecule has 3 rings (SSSR count). The maximum absolute atomic E-state index is 12.3. The lowest BCUT2D eigenvalue weighted by atomic mass is 10.1. The fourth-order valence-electron chi connectivity index (χ4n) is 2.96. The summed E-state index contributed by atoms with van der Waals surface area (Å²) < 4.78 is 5.91. The molecule has 1 aliphatic rings. The van der Waals surface area contributed by atoms with Crippen molar-refractivity contribution in [2.75, 3.05) is 6.61 Å². The summed E-state index contributed by atoms with van der Waals surface area (Å²) in [4.78, 5) is 14.0. The van der Waals surface area contributed by atoms with E-state index in [1.807, 2.05) is 60.7 Å². The van der Waals surface area contributed by atoms with Gasteiger partial charge in [0.05, 0.1) is 31.8 Å². The van der Waals surface area contributed by atoms with E-state index in [2.05, 4.69) is 0 Å². The van der Waals surface area contributed by atoms with Gasteiger partial charge >= 0.3 is 0 Å². The highest BCUT2D eigenvalue weighted by Gasteiger charge is 2.39. The van der Waals surface area contributed by atoms with Crippen molar-refractivity contribution in [3.63, 3.8) is 0 Å². The molecule has 2 aromatic carbocycles. The Bertz CT molecular complexity index is 630. The predicted molar refractivity (Wildman–Crippen MR) is 87.5 cm³/mol. The molecule has 0 unspecified atom stereocenters. The number of amides is 1. The van der Waals surface area contributed by atoms with Gasteiger partial charge in [-0.1, -0.05) is 60.7 Å². The fraction of sp³-hybridized carbons (Fsp3) is 0.316. The van der Waals surface area contributed by atoms with Crippen LogP contribution in [0.15, 0.2) is 60.7 Å². The van der Waals surface area contributed by atoms with Gasteiger partial charge < -0.3 is 14.7 Å². The molecule has 1 fully saturated rings. The molecule has 0 radical (unpaired) electrons. The summed E-state index contributed by atoms with van der Waals surface area (Å²) >= 11 is 0. The molecule has 1 saturated heterocycles. The summed E-state index contributed by atoms with van der Waals surface area (Å²) in [6.45, 7) is 0.878. The summed E-state index contributed by atoms with van der Waals surface area (Å²) in [5.74, 6) is 0.0333. The van der Waals surface area contributed by atoms with E-state index in [4.69, 9.17) is 4.74 Å². The summed E-state index contributed by atoms with van der Waals surface area (Å²) in [5, 5.41) is 9.73. The Morgan fingerprint density at radius 3 is 2.22 bits per heavy atom. The zero-order valence-corrected chi connectivity index (χ0v) is 13.0. The molecule has 1 aliphatic heterocycles. The van der Waals surface area contributed by atoms with Crippen LogP contribution in [0, 0.1) is 0 Å². The first-order valence-corrected chi connectivity index (χ1v) is 7.87. The quantitative estimate of drug-likeness (QED) is 0.891. The van der Waals surface area contributed by atoms with E-state index in [9.17, 15) is 9.90 Å². The Hall–Kier alpha value is -2.17. The van der Waals surface area contributed by atoms with Crippen molar-refractivity contribution in [3.05, 3.63) is 71.8 Å². The highest BCUT2D eigenvalue weighted by molar-refractivity contribution is 5.79. The Kier molecular flexibility index (Phi) is 5.05. The number of likely N-dealkylation sites (tertiary alicyclic amines) is 1. The van der Waals surface area contributed by atoms with E-state index in [1.54, 1.807) is 4.90 Å². The minimum Gasteiger partial charge on any atom is -0.394 e. The number of hydrogen-bond donors (Lipinski definition) is 1. The third-order valence-corrected chi connectivity index (χ3v) is 4.22. The third-order valence-electron chi connectivity index (χ3n) is 4.22. The van der Waals surface area contributed by atoms with E-state index in [0.29, 0.717) is 19.6 Å². The SMILES string of the molecule is O=C1C[C@H](OCc2ccccc2)[C@H](CO)N1Cc1ccccc1. The lowest BCUT2D eigenvalue weighted by Gasteiger charge is -2.26. The molecular formula is C19H21NO3. The van der Waals surface area contributed by atoms with Crippen LogP contribution in [0.1, 0.15) is 17.5 Å². The van der Waals surface area contributed by atoms with Crippen LogP contribution in [0.3, 0.4) is 0 Å². The number of aliphatic hydroxyl groups is 1. The van der Waals surface area contributed by atoms with Gasteiger partial charge in [0.15, 0.2) is 0 Å². The molecule has 2 atom stereocenters. The fourth-order valence-corrected chi connectivity index (χ4v) is 2.96. The van der Waals surface area contributed by atoms with Crippen LogP contribution in [0.2, 0.25) is 0 Å². The van der Waals surface area contributed by atoms with Crippen molar-refractivity contribution in [3.8, 4) is 0 Å². The maximum atomic E-state index is 12.3. The Balaban J connectivity index is 1.65.